The minimum atomic E-state index is 0.229. The van der Waals surface area contributed by atoms with Crippen molar-refractivity contribution in [2.75, 3.05) is 13.2 Å². The maximum atomic E-state index is 12.1. The van der Waals surface area contributed by atoms with E-state index in [1.54, 1.807) is 0 Å². The van der Waals surface area contributed by atoms with Gasteiger partial charge in [0.1, 0.15) is 0 Å². The number of rotatable bonds is 3. The SMILES string of the molecule is O=C(CC1CCCN1)NC1CCCC2OCCC12. The van der Waals surface area contributed by atoms with Crippen LogP contribution in [0.5, 0.6) is 0 Å². The quantitative estimate of drug-likeness (QED) is 0.793. The Morgan fingerprint density at radius 3 is 3.00 bits per heavy atom. The first-order chi connectivity index (χ1) is 8.83. The van der Waals surface area contributed by atoms with Gasteiger partial charge in [-0.1, -0.05) is 0 Å². The molecule has 4 nitrogen and oxygen atoms in total. The lowest BCUT2D eigenvalue weighted by molar-refractivity contribution is -0.123. The number of nitrogens with one attached hydrogen (secondary N) is 2. The fourth-order valence-electron chi connectivity index (χ4n) is 3.78. The lowest BCUT2D eigenvalue weighted by Crippen LogP contribution is -2.46. The van der Waals surface area contributed by atoms with E-state index in [2.05, 4.69) is 10.6 Å². The van der Waals surface area contributed by atoms with Crippen molar-refractivity contribution in [1.82, 2.24) is 10.6 Å². The van der Waals surface area contributed by atoms with Gasteiger partial charge in [-0.3, -0.25) is 4.79 Å². The van der Waals surface area contributed by atoms with Gasteiger partial charge in [-0.15, -0.1) is 0 Å². The molecule has 0 aromatic carbocycles. The van der Waals surface area contributed by atoms with Crippen LogP contribution >= 0.6 is 0 Å². The molecule has 18 heavy (non-hydrogen) atoms. The van der Waals surface area contributed by atoms with E-state index in [4.69, 9.17) is 4.74 Å². The summed E-state index contributed by atoms with van der Waals surface area (Å²) in [5, 5.41) is 6.64. The number of carbonyl (C=O) groups excluding carboxylic acids is 1. The van der Waals surface area contributed by atoms with Crippen molar-refractivity contribution in [1.29, 1.82) is 0 Å². The predicted octanol–water partition coefficient (Wildman–Crippen LogP) is 1.20. The molecule has 4 unspecified atom stereocenters. The van der Waals surface area contributed by atoms with E-state index in [9.17, 15) is 4.79 Å². The minimum absolute atomic E-state index is 0.229. The van der Waals surface area contributed by atoms with E-state index < -0.39 is 0 Å². The molecule has 2 saturated heterocycles. The first-order valence-corrected chi connectivity index (χ1v) is 7.47. The third kappa shape index (κ3) is 2.69. The molecule has 2 aliphatic heterocycles. The highest BCUT2D eigenvalue weighted by molar-refractivity contribution is 5.77. The molecule has 4 heteroatoms. The van der Waals surface area contributed by atoms with E-state index in [0.717, 1.165) is 32.4 Å². The smallest absolute Gasteiger partial charge is 0.221 e. The number of amides is 1. The summed E-state index contributed by atoms with van der Waals surface area (Å²) in [4.78, 5) is 12.1. The number of fused-ring (bicyclic) bond motifs is 1. The Bertz CT molecular complexity index is 302. The van der Waals surface area contributed by atoms with Gasteiger partial charge in [-0.2, -0.15) is 0 Å². The van der Waals surface area contributed by atoms with Gasteiger partial charge in [-0.25, -0.2) is 0 Å². The van der Waals surface area contributed by atoms with Gasteiger partial charge in [0.25, 0.3) is 0 Å². The third-order valence-corrected chi connectivity index (χ3v) is 4.72. The Hall–Kier alpha value is -0.610. The predicted molar refractivity (Wildman–Crippen MR) is 69.3 cm³/mol. The van der Waals surface area contributed by atoms with Crippen molar-refractivity contribution in [3.05, 3.63) is 0 Å². The minimum Gasteiger partial charge on any atom is -0.378 e. The van der Waals surface area contributed by atoms with Crippen LogP contribution in [-0.2, 0) is 9.53 Å². The molecular weight excluding hydrogens is 228 g/mol. The van der Waals surface area contributed by atoms with Crippen LogP contribution in [0.3, 0.4) is 0 Å². The van der Waals surface area contributed by atoms with Crippen LogP contribution in [0.15, 0.2) is 0 Å². The lowest BCUT2D eigenvalue weighted by atomic mass is 9.81. The topological polar surface area (TPSA) is 50.4 Å². The number of hydrogen-bond donors (Lipinski definition) is 2. The molecule has 4 atom stereocenters. The summed E-state index contributed by atoms with van der Waals surface area (Å²) in [5.41, 5.74) is 0. The molecule has 2 heterocycles. The zero-order chi connectivity index (χ0) is 12.4. The molecule has 3 fully saturated rings. The zero-order valence-electron chi connectivity index (χ0n) is 11.0. The van der Waals surface area contributed by atoms with Crippen LogP contribution in [0.25, 0.3) is 0 Å². The molecule has 0 radical (unpaired) electrons. The summed E-state index contributed by atoms with van der Waals surface area (Å²) in [6.07, 6.45) is 8.04. The first-order valence-electron chi connectivity index (χ1n) is 7.47. The van der Waals surface area contributed by atoms with E-state index in [1.807, 2.05) is 0 Å². The molecule has 0 spiro atoms. The van der Waals surface area contributed by atoms with E-state index in [1.165, 1.54) is 19.3 Å². The van der Waals surface area contributed by atoms with E-state index in [-0.39, 0.29) is 5.91 Å². The average Bonchev–Trinajstić information content (AvgIpc) is 2.99. The fraction of sp³-hybridized carbons (Fsp3) is 0.929. The van der Waals surface area contributed by atoms with Crippen molar-refractivity contribution < 1.29 is 9.53 Å². The zero-order valence-corrected chi connectivity index (χ0v) is 11.0. The molecule has 0 aromatic rings. The average molecular weight is 252 g/mol. The van der Waals surface area contributed by atoms with Gasteiger partial charge in [0.05, 0.1) is 6.10 Å². The molecule has 1 aliphatic carbocycles. The van der Waals surface area contributed by atoms with Crippen LogP contribution in [0.2, 0.25) is 0 Å². The molecular formula is C14H24N2O2. The van der Waals surface area contributed by atoms with Crippen molar-refractivity contribution in [3.63, 3.8) is 0 Å². The largest absolute Gasteiger partial charge is 0.378 e. The molecule has 1 saturated carbocycles. The molecule has 102 valence electrons. The maximum Gasteiger partial charge on any atom is 0.221 e. The highest BCUT2D eigenvalue weighted by atomic mass is 16.5. The highest BCUT2D eigenvalue weighted by Crippen LogP contribution is 2.34. The first kappa shape index (κ1) is 12.4. The molecule has 0 aromatic heterocycles. The van der Waals surface area contributed by atoms with Crippen molar-refractivity contribution >= 4 is 5.91 Å². The number of ether oxygens (including phenoxy) is 1. The van der Waals surface area contributed by atoms with Gasteiger partial charge in [0, 0.05) is 31.0 Å². The van der Waals surface area contributed by atoms with Crippen LogP contribution in [0, 0.1) is 5.92 Å². The Kier molecular flexibility index (Phi) is 3.85. The van der Waals surface area contributed by atoms with Crippen LogP contribution in [-0.4, -0.2) is 37.2 Å². The Morgan fingerprint density at radius 2 is 2.17 bits per heavy atom. The second-order valence-electron chi connectivity index (χ2n) is 5.96. The molecule has 3 rings (SSSR count). The van der Waals surface area contributed by atoms with Crippen LogP contribution in [0.4, 0.5) is 0 Å². The van der Waals surface area contributed by atoms with Gasteiger partial charge in [0.15, 0.2) is 0 Å². The summed E-state index contributed by atoms with van der Waals surface area (Å²) in [6.45, 7) is 1.95. The summed E-state index contributed by atoms with van der Waals surface area (Å²) in [7, 11) is 0. The van der Waals surface area contributed by atoms with E-state index in [0.29, 0.717) is 30.5 Å². The fourth-order valence-corrected chi connectivity index (χ4v) is 3.78. The van der Waals surface area contributed by atoms with Gasteiger partial charge < -0.3 is 15.4 Å². The summed E-state index contributed by atoms with van der Waals surface area (Å²) in [5.74, 6) is 0.797. The molecule has 3 aliphatic rings. The molecule has 0 bridgehead atoms. The normalized spacial score (nSPS) is 39.6. The standard InChI is InChI=1S/C14H24N2O2/c17-14(9-10-3-2-7-15-10)16-12-4-1-5-13-11(12)6-8-18-13/h10-13,15H,1-9H2,(H,16,17). The Morgan fingerprint density at radius 1 is 1.22 bits per heavy atom. The number of carbonyl (C=O) groups is 1. The van der Waals surface area contributed by atoms with Crippen LogP contribution in [0.1, 0.15) is 44.9 Å². The second kappa shape index (κ2) is 5.57. The monoisotopic (exact) mass is 252 g/mol. The van der Waals surface area contributed by atoms with Gasteiger partial charge >= 0.3 is 0 Å². The van der Waals surface area contributed by atoms with Crippen molar-refractivity contribution in [2.24, 2.45) is 5.92 Å². The summed E-state index contributed by atoms with van der Waals surface area (Å²) >= 11 is 0. The summed E-state index contributed by atoms with van der Waals surface area (Å²) in [6, 6.07) is 0.768. The van der Waals surface area contributed by atoms with Gasteiger partial charge in [0.2, 0.25) is 5.91 Å². The highest BCUT2D eigenvalue weighted by Gasteiger charge is 2.38. The number of hydrogen-bond acceptors (Lipinski definition) is 3. The van der Waals surface area contributed by atoms with Crippen molar-refractivity contribution in [2.45, 2.75) is 63.1 Å². The third-order valence-electron chi connectivity index (χ3n) is 4.72. The van der Waals surface area contributed by atoms with E-state index >= 15 is 0 Å². The van der Waals surface area contributed by atoms with Gasteiger partial charge in [-0.05, 0) is 45.1 Å². The van der Waals surface area contributed by atoms with Crippen LogP contribution < -0.4 is 10.6 Å². The lowest BCUT2D eigenvalue weighted by Gasteiger charge is -2.33. The summed E-state index contributed by atoms with van der Waals surface area (Å²) < 4.78 is 5.74. The van der Waals surface area contributed by atoms with Crippen molar-refractivity contribution in [3.8, 4) is 0 Å². The maximum absolute atomic E-state index is 12.1. The molecule has 2 N–H and O–H groups in total. The Balaban J connectivity index is 1.50. The molecule has 1 amide bonds. The second-order valence-corrected chi connectivity index (χ2v) is 5.96. The Labute approximate surface area is 109 Å².